The number of carboxylic acid groups (broad SMARTS) is 1. The van der Waals surface area contributed by atoms with E-state index in [4.69, 9.17) is 4.74 Å². The third-order valence-electron chi connectivity index (χ3n) is 5.69. The number of aliphatic carboxylic acids is 1. The summed E-state index contributed by atoms with van der Waals surface area (Å²) in [6.07, 6.45) is 5.54. The maximum Gasteiger partial charge on any atom is 0.307 e. The molecule has 3 rings (SSSR count). The van der Waals surface area contributed by atoms with Gasteiger partial charge in [0.1, 0.15) is 12.4 Å². The number of carbonyl (C=O) groups is 1. The lowest BCUT2D eigenvalue weighted by molar-refractivity contribution is -0.145. The molecule has 1 saturated carbocycles. The monoisotopic (exact) mass is 430 g/mol. The van der Waals surface area contributed by atoms with Crippen LogP contribution >= 0.6 is 15.9 Å². The molecule has 2 aromatic rings. The maximum atomic E-state index is 12.1. The Morgan fingerprint density at radius 1 is 1.15 bits per heavy atom. The maximum absolute atomic E-state index is 12.1. The molecule has 0 radical (unpaired) electrons. The summed E-state index contributed by atoms with van der Waals surface area (Å²) in [4.78, 5) is 12.1. The van der Waals surface area contributed by atoms with Gasteiger partial charge < -0.3 is 9.84 Å². The van der Waals surface area contributed by atoms with Crippen LogP contribution in [0.1, 0.15) is 56.1 Å². The van der Waals surface area contributed by atoms with E-state index in [0.717, 1.165) is 47.0 Å². The van der Waals surface area contributed by atoms with Crippen LogP contribution in [0.3, 0.4) is 0 Å². The molecular formula is C23H27BrO3. The van der Waals surface area contributed by atoms with Crippen LogP contribution in [0.25, 0.3) is 0 Å². The number of hydrogen-bond donors (Lipinski definition) is 1. The molecule has 2 atom stereocenters. The largest absolute Gasteiger partial charge is 0.489 e. The molecule has 0 heterocycles. The fourth-order valence-electron chi connectivity index (χ4n) is 4.21. The lowest BCUT2D eigenvalue weighted by Gasteiger charge is -2.32. The van der Waals surface area contributed by atoms with Gasteiger partial charge in [-0.15, -0.1) is 0 Å². The number of halogens is 1. The van der Waals surface area contributed by atoms with Crippen LogP contribution in [0, 0.1) is 11.8 Å². The molecule has 0 saturated heterocycles. The van der Waals surface area contributed by atoms with Gasteiger partial charge in [-0.3, -0.25) is 4.79 Å². The highest BCUT2D eigenvalue weighted by Crippen LogP contribution is 2.41. The molecule has 27 heavy (non-hydrogen) atoms. The van der Waals surface area contributed by atoms with E-state index in [1.54, 1.807) is 0 Å². The standard InChI is InChI=1S/C23H27BrO3/c1-16(22(23(25)26)18-10-6-3-7-11-18)20-14-19(12-13-21(20)24)27-15-17-8-4-2-5-9-17/h2,4-5,8-9,12-14,16,18,22H,3,6-7,10-11,15H2,1H3,(H,25,26). The van der Waals surface area contributed by atoms with Crippen molar-refractivity contribution in [3.8, 4) is 5.75 Å². The van der Waals surface area contributed by atoms with Gasteiger partial charge in [0.05, 0.1) is 5.92 Å². The minimum Gasteiger partial charge on any atom is -0.489 e. The Hall–Kier alpha value is -1.81. The molecule has 3 nitrogen and oxygen atoms in total. The van der Waals surface area contributed by atoms with Crippen LogP contribution in [0.5, 0.6) is 5.75 Å². The van der Waals surface area contributed by atoms with Crippen molar-refractivity contribution in [1.29, 1.82) is 0 Å². The van der Waals surface area contributed by atoms with Crippen LogP contribution in [0.4, 0.5) is 0 Å². The van der Waals surface area contributed by atoms with Gasteiger partial charge in [-0.1, -0.05) is 72.4 Å². The summed E-state index contributed by atoms with van der Waals surface area (Å²) in [5.74, 6) is -0.0770. The summed E-state index contributed by atoms with van der Waals surface area (Å²) in [5.41, 5.74) is 2.12. The summed E-state index contributed by atoms with van der Waals surface area (Å²) < 4.78 is 6.90. The fraction of sp³-hybridized carbons (Fsp3) is 0.435. The van der Waals surface area contributed by atoms with Gasteiger partial charge in [-0.25, -0.2) is 0 Å². The summed E-state index contributed by atoms with van der Waals surface area (Å²) in [7, 11) is 0. The minimum atomic E-state index is -0.683. The Bertz CT molecular complexity index is 753. The highest BCUT2D eigenvalue weighted by Gasteiger charge is 2.35. The molecule has 2 unspecified atom stereocenters. The molecule has 144 valence electrons. The van der Waals surface area contributed by atoms with Crippen LogP contribution < -0.4 is 4.74 Å². The van der Waals surface area contributed by atoms with E-state index in [2.05, 4.69) is 15.9 Å². The molecule has 1 fully saturated rings. The number of hydrogen-bond acceptors (Lipinski definition) is 2. The summed E-state index contributed by atoms with van der Waals surface area (Å²) in [5, 5.41) is 9.92. The zero-order chi connectivity index (χ0) is 19.2. The molecule has 1 aliphatic carbocycles. The zero-order valence-corrected chi connectivity index (χ0v) is 17.3. The van der Waals surface area contributed by atoms with Gasteiger partial charge in [-0.05, 0) is 54.0 Å². The van der Waals surface area contributed by atoms with Crippen LogP contribution in [0.2, 0.25) is 0 Å². The second-order valence-electron chi connectivity index (χ2n) is 7.51. The average Bonchev–Trinajstić information content (AvgIpc) is 2.69. The molecule has 0 bridgehead atoms. The quantitative estimate of drug-likeness (QED) is 0.551. The molecule has 4 heteroatoms. The van der Waals surface area contributed by atoms with Gasteiger partial charge in [-0.2, -0.15) is 0 Å². The molecule has 0 spiro atoms. The van der Waals surface area contributed by atoms with Gasteiger partial charge in [0, 0.05) is 4.47 Å². The SMILES string of the molecule is CC(c1cc(OCc2ccccc2)ccc1Br)C(C(=O)O)C1CCCCC1. The van der Waals surface area contributed by atoms with Crippen molar-refractivity contribution < 1.29 is 14.6 Å². The van der Waals surface area contributed by atoms with Crippen molar-refractivity contribution in [1.82, 2.24) is 0 Å². The van der Waals surface area contributed by atoms with Crippen molar-refractivity contribution in [3.63, 3.8) is 0 Å². The highest BCUT2D eigenvalue weighted by molar-refractivity contribution is 9.10. The number of ether oxygens (including phenoxy) is 1. The molecule has 0 aromatic heterocycles. The van der Waals surface area contributed by atoms with Crippen molar-refractivity contribution in [3.05, 3.63) is 64.1 Å². The van der Waals surface area contributed by atoms with E-state index in [0.29, 0.717) is 6.61 Å². The van der Waals surface area contributed by atoms with E-state index in [9.17, 15) is 9.90 Å². The van der Waals surface area contributed by atoms with E-state index < -0.39 is 5.97 Å². The van der Waals surface area contributed by atoms with Gasteiger partial charge in [0.2, 0.25) is 0 Å². The van der Waals surface area contributed by atoms with Crippen molar-refractivity contribution in [2.24, 2.45) is 11.8 Å². The Kier molecular flexibility index (Phi) is 6.95. The first-order valence-corrected chi connectivity index (χ1v) is 10.5. The topological polar surface area (TPSA) is 46.5 Å². The van der Waals surface area contributed by atoms with Gasteiger partial charge in [0.15, 0.2) is 0 Å². The smallest absolute Gasteiger partial charge is 0.307 e. The van der Waals surface area contributed by atoms with E-state index in [1.807, 2.05) is 55.5 Å². The first kappa shape index (κ1) is 19.9. The van der Waals surface area contributed by atoms with Crippen molar-refractivity contribution in [2.45, 2.75) is 51.6 Å². The molecule has 0 aliphatic heterocycles. The Labute approximate surface area is 169 Å². The second-order valence-corrected chi connectivity index (χ2v) is 8.36. The van der Waals surface area contributed by atoms with Gasteiger partial charge >= 0.3 is 5.97 Å². The predicted octanol–water partition coefficient (Wildman–Crippen LogP) is 6.41. The van der Waals surface area contributed by atoms with Crippen LogP contribution in [0.15, 0.2) is 53.0 Å². The lowest BCUT2D eigenvalue weighted by Crippen LogP contribution is -2.30. The first-order valence-electron chi connectivity index (χ1n) is 9.75. The third-order valence-corrected chi connectivity index (χ3v) is 6.41. The normalized spacial score (nSPS) is 17.3. The van der Waals surface area contributed by atoms with E-state index >= 15 is 0 Å². The molecule has 1 aliphatic rings. The molecule has 1 N–H and O–H groups in total. The van der Waals surface area contributed by atoms with E-state index in [-0.39, 0.29) is 17.8 Å². The highest BCUT2D eigenvalue weighted by atomic mass is 79.9. The molecule has 2 aromatic carbocycles. The Morgan fingerprint density at radius 2 is 1.85 bits per heavy atom. The minimum absolute atomic E-state index is 0.0692. The number of benzene rings is 2. The third kappa shape index (κ3) is 5.13. The van der Waals surface area contributed by atoms with Crippen molar-refractivity contribution >= 4 is 21.9 Å². The Balaban J connectivity index is 1.78. The number of carboxylic acids is 1. The molecule has 0 amide bonds. The first-order chi connectivity index (χ1) is 13.1. The summed E-state index contributed by atoms with van der Waals surface area (Å²) >= 11 is 3.62. The zero-order valence-electron chi connectivity index (χ0n) is 15.7. The van der Waals surface area contributed by atoms with E-state index in [1.165, 1.54) is 6.42 Å². The average molecular weight is 431 g/mol. The summed E-state index contributed by atoms with van der Waals surface area (Å²) in [6, 6.07) is 15.9. The molecular weight excluding hydrogens is 404 g/mol. The van der Waals surface area contributed by atoms with Crippen LogP contribution in [-0.2, 0) is 11.4 Å². The Morgan fingerprint density at radius 3 is 2.52 bits per heavy atom. The summed E-state index contributed by atoms with van der Waals surface area (Å²) in [6.45, 7) is 2.54. The lowest BCUT2D eigenvalue weighted by atomic mass is 9.72. The fourth-order valence-corrected chi connectivity index (χ4v) is 4.82. The second kappa shape index (κ2) is 9.41. The van der Waals surface area contributed by atoms with Crippen LogP contribution in [-0.4, -0.2) is 11.1 Å². The van der Waals surface area contributed by atoms with Gasteiger partial charge in [0.25, 0.3) is 0 Å². The van der Waals surface area contributed by atoms with Crippen molar-refractivity contribution in [2.75, 3.05) is 0 Å². The predicted molar refractivity (Wildman–Crippen MR) is 111 cm³/mol. The number of rotatable bonds is 7.